The van der Waals surface area contributed by atoms with Crippen molar-refractivity contribution in [3.63, 3.8) is 0 Å². The molecule has 27 heavy (non-hydrogen) atoms. The van der Waals surface area contributed by atoms with Crippen molar-refractivity contribution in [2.75, 3.05) is 4.90 Å². The van der Waals surface area contributed by atoms with E-state index < -0.39 is 0 Å². The van der Waals surface area contributed by atoms with Gasteiger partial charge in [0.25, 0.3) is 5.91 Å². The molecule has 0 saturated heterocycles. The number of amides is 1. The molecule has 0 saturated carbocycles. The summed E-state index contributed by atoms with van der Waals surface area (Å²) in [5.41, 5.74) is 3.53. The molecule has 0 bridgehead atoms. The van der Waals surface area contributed by atoms with E-state index in [1.807, 2.05) is 56.3 Å². The van der Waals surface area contributed by atoms with Crippen LogP contribution in [0.2, 0.25) is 5.02 Å². The molecule has 0 radical (unpaired) electrons. The van der Waals surface area contributed by atoms with E-state index in [4.69, 9.17) is 16.0 Å². The molecule has 0 aliphatic heterocycles. The van der Waals surface area contributed by atoms with Crippen molar-refractivity contribution in [3.05, 3.63) is 82.3 Å². The Balaban J connectivity index is 1.79. The molecular weight excluding hydrogens is 380 g/mol. The quantitative estimate of drug-likeness (QED) is 0.424. The first-order chi connectivity index (χ1) is 13.0. The molecule has 2 aromatic carbocycles. The molecule has 0 N–H and O–H groups in total. The van der Waals surface area contributed by atoms with Crippen LogP contribution in [0.4, 0.5) is 5.13 Å². The van der Waals surface area contributed by atoms with E-state index in [1.165, 1.54) is 11.3 Å². The van der Waals surface area contributed by atoms with Crippen molar-refractivity contribution in [1.82, 2.24) is 4.98 Å². The molecule has 0 aliphatic carbocycles. The van der Waals surface area contributed by atoms with Crippen LogP contribution >= 0.6 is 22.9 Å². The van der Waals surface area contributed by atoms with Gasteiger partial charge in [-0.15, -0.1) is 0 Å². The first kappa shape index (κ1) is 17.8. The highest BCUT2D eigenvalue weighted by atomic mass is 35.5. The van der Waals surface area contributed by atoms with E-state index in [9.17, 15) is 4.79 Å². The zero-order valence-corrected chi connectivity index (χ0v) is 16.5. The molecule has 0 aliphatic rings. The molecule has 136 valence electrons. The Morgan fingerprint density at radius 2 is 2.04 bits per heavy atom. The number of benzene rings is 2. The molecule has 0 atom stereocenters. The third-order valence-electron chi connectivity index (χ3n) is 4.32. The number of hydrogen-bond acceptors (Lipinski definition) is 4. The van der Waals surface area contributed by atoms with Crippen LogP contribution in [-0.2, 0) is 6.54 Å². The Labute approximate surface area is 166 Å². The summed E-state index contributed by atoms with van der Waals surface area (Å²) in [7, 11) is 0. The number of anilines is 1. The van der Waals surface area contributed by atoms with E-state index >= 15 is 0 Å². The summed E-state index contributed by atoms with van der Waals surface area (Å²) in [6, 6.07) is 15.0. The summed E-state index contributed by atoms with van der Waals surface area (Å²) < 4.78 is 6.42. The highest BCUT2D eigenvalue weighted by molar-refractivity contribution is 7.22. The van der Waals surface area contributed by atoms with Gasteiger partial charge in [0, 0.05) is 10.6 Å². The normalized spacial score (nSPS) is 11.1. The second-order valence-corrected chi connectivity index (χ2v) is 7.84. The fourth-order valence-corrected chi connectivity index (χ4v) is 4.22. The van der Waals surface area contributed by atoms with Gasteiger partial charge in [-0.3, -0.25) is 9.69 Å². The number of aryl methyl sites for hydroxylation is 2. The smallest absolute Gasteiger partial charge is 0.260 e. The van der Waals surface area contributed by atoms with Crippen molar-refractivity contribution < 1.29 is 9.21 Å². The van der Waals surface area contributed by atoms with E-state index in [1.54, 1.807) is 17.2 Å². The molecule has 2 aromatic heterocycles. The summed E-state index contributed by atoms with van der Waals surface area (Å²) in [6.07, 6.45) is 1.60. The second kappa shape index (κ2) is 7.18. The zero-order chi connectivity index (χ0) is 19.0. The molecule has 4 aromatic rings. The van der Waals surface area contributed by atoms with Gasteiger partial charge in [0.2, 0.25) is 0 Å². The summed E-state index contributed by atoms with van der Waals surface area (Å²) in [5.74, 6) is 0.597. The molecule has 0 fully saturated rings. The van der Waals surface area contributed by atoms with Crippen LogP contribution in [0.3, 0.4) is 0 Å². The fraction of sp³-hybridized carbons (Fsp3) is 0.143. The largest absolute Gasteiger partial charge is 0.467 e. The van der Waals surface area contributed by atoms with Crippen LogP contribution < -0.4 is 4.90 Å². The van der Waals surface area contributed by atoms with Gasteiger partial charge in [0.15, 0.2) is 5.13 Å². The lowest BCUT2D eigenvalue weighted by Gasteiger charge is -2.20. The number of nitrogens with zero attached hydrogens (tertiary/aromatic N) is 2. The number of hydrogen-bond donors (Lipinski definition) is 0. The van der Waals surface area contributed by atoms with Gasteiger partial charge < -0.3 is 4.42 Å². The van der Waals surface area contributed by atoms with Gasteiger partial charge in [0.1, 0.15) is 5.76 Å². The summed E-state index contributed by atoms with van der Waals surface area (Å²) in [4.78, 5) is 19.7. The van der Waals surface area contributed by atoms with Gasteiger partial charge in [-0.1, -0.05) is 40.6 Å². The Morgan fingerprint density at radius 3 is 2.78 bits per heavy atom. The number of rotatable bonds is 4. The maximum absolute atomic E-state index is 13.4. The van der Waals surface area contributed by atoms with Crippen LogP contribution in [0.15, 0.2) is 59.2 Å². The lowest BCUT2D eigenvalue weighted by molar-refractivity contribution is 0.0982. The van der Waals surface area contributed by atoms with Gasteiger partial charge in [-0.25, -0.2) is 4.98 Å². The third-order valence-corrected chi connectivity index (χ3v) is 5.60. The third kappa shape index (κ3) is 3.61. The molecule has 0 spiro atoms. The molecule has 2 heterocycles. The van der Waals surface area contributed by atoms with Crippen LogP contribution in [-0.4, -0.2) is 10.9 Å². The Kier molecular flexibility index (Phi) is 4.72. The summed E-state index contributed by atoms with van der Waals surface area (Å²) >= 11 is 7.54. The van der Waals surface area contributed by atoms with Gasteiger partial charge in [-0.05, 0) is 55.8 Å². The summed E-state index contributed by atoms with van der Waals surface area (Å²) in [5, 5.41) is 1.27. The van der Waals surface area contributed by atoms with Crippen LogP contribution in [0, 0.1) is 13.8 Å². The van der Waals surface area contributed by atoms with Gasteiger partial charge >= 0.3 is 0 Å². The maximum atomic E-state index is 13.4. The molecule has 4 nitrogen and oxygen atoms in total. The summed E-state index contributed by atoms with van der Waals surface area (Å²) in [6.45, 7) is 4.27. The highest BCUT2D eigenvalue weighted by Crippen LogP contribution is 2.32. The lowest BCUT2D eigenvalue weighted by Crippen LogP contribution is -2.30. The first-order valence-electron chi connectivity index (χ1n) is 8.49. The fourth-order valence-electron chi connectivity index (χ4n) is 2.99. The Hall–Kier alpha value is -2.63. The monoisotopic (exact) mass is 396 g/mol. The second-order valence-electron chi connectivity index (χ2n) is 6.40. The lowest BCUT2D eigenvalue weighted by atomic mass is 10.0. The minimum atomic E-state index is -0.103. The number of carbonyl (C=O) groups excluding carboxylic acids is 1. The number of thiazole rings is 1. The molecule has 4 rings (SSSR count). The van der Waals surface area contributed by atoms with E-state index in [0.717, 1.165) is 21.3 Å². The van der Waals surface area contributed by atoms with E-state index in [0.29, 0.717) is 28.0 Å². The van der Waals surface area contributed by atoms with Crippen LogP contribution in [0.1, 0.15) is 27.2 Å². The van der Waals surface area contributed by atoms with E-state index in [-0.39, 0.29) is 5.91 Å². The predicted molar refractivity (Wildman–Crippen MR) is 110 cm³/mol. The van der Waals surface area contributed by atoms with Crippen molar-refractivity contribution in [1.29, 1.82) is 0 Å². The van der Waals surface area contributed by atoms with Crippen LogP contribution in [0.25, 0.3) is 10.2 Å². The number of aromatic nitrogens is 1. The number of carbonyl (C=O) groups is 1. The topological polar surface area (TPSA) is 46.3 Å². The number of halogens is 1. The number of fused-ring (bicyclic) bond motifs is 1. The van der Waals surface area contributed by atoms with Crippen molar-refractivity contribution in [2.45, 2.75) is 20.4 Å². The minimum absolute atomic E-state index is 0.103. The standard InChI is InChI=1S/C21H17ClN2O2S/c1-13-5-7-17(14(2)10-13)20(25)24(12-16-4-3-9-26-16)21-23-18-8-6-15(22)11-19(18)27-21/h3-11H,12H2,1-2H3. The Bertz CT molecular complexity index is 1120. The van der Waals surface area contributed by atoms with Crippen LogP contribution in [0.5, 0.6) is 0 Å². The molecule has 6 heteroatoms. The Morgan fingerprint density at radius 1 is 1.19 bits per heavy atom. The minimum Gasteiger partial charge on any atom is -0.467 e. The SMILES string of the molecule is Cc1ccc(C(=O)N(Cc2ccco2)c2nc3ccc(Cl)cc3s2)c(C)c1. The predicted octanol–water partition coefficient (Wildman–Crippen LogP) is 6.01. The molecule has 1 amide bonds. The molecule has 0 unspecified atom stereocenters. The van der Waals surface area contributed by atoms with Gasteiger partial charge in [0.05, 0.1) is 23.0 Å². The van der Waals surface area contributed by atoms with Gasteiger partial charge in [-0.2, -0.15) is 0 Å². The van der Waals surface area contributed by atoms with Crippen molar-refractivity contribution >= 4 is 44.2 Å². The molecular formula is C21H17ClN2O2S. The zero-order valence-electron chi connectivity index (χ0n) is 14.9. The first-order valence-corrected chi connectivity index (χ1v) is 9.68. The maximum Gasteiger partial charge on any atom is 0.260 e. The number of furan rings is 1. The van der Waals surface area contributed by atoms with E-state index in [2.05, 4.69) is 4.98 Å². The van der Waals surface area contributed by atoms with Crippen molar-refractivity contribution in [3.8, 4) is 0 Å². The average Bonchev–Trinajstić information content (AvgIpc) is 3.28. The van der Waals surface area contributed by atoms with Crippen molar-refractivity contribution in [2.24, 2.45) is 0 Å². The average molecular weight is 397 g/mol. The highest BCUT2D eigenvalue weighted by Gasteiger charge is 2.24.